The van der Waals surface area contributed by atoms with Crippen LogP contribution in [0.3, 0.4) is 0 Å². The highest BCUT2D eigenvalue weighted by atomic mass is 35.5. The summed E-state index contributed by atoms with van der Waals surface area (Å²) < 4.78 is 13.1. The van der Waals surface area contributed by atoms with Crippen molar-refractivity contribution in [3.8, 4) is 0 Å². The van der Waals surface area contributed by atoms with Crippen LogP contribution in [-0.2, 0) is 4.79 Å². The zero-order valence-corrected chi connectivity index (χ0v) is 9.27. The summed E-state index contributed by atoms with van der Waals surface area (Å²) in [6.07, 6.45) is -2.15. The van der Waals surface area contributed by atoms with E-state index in [-0.39, 0.29) is 15.6 Å². The number of hydrogen-bond donors (Lipinski definition) is 0. The van der Waals surface area contributed by atoms with Crippen LogP contribution in [0.25, 0.3) is 0 Å². The fourth-order valence-electron chi connectivity index (χ4n) is 1.03. The van der Waals surface area contributed by atoms with Gasteiger partial charge in [0.05, 0.1) is 0 Å². The fourth-order valence-corrected chi connectivity index (χ4v) is 1.55. The minimum absolute atomic E-state index is 0.00444. The summed E-state index contributed by atoms with van der Waals surface area (Å²) >= 11 is 11.3. The summed E-state index contributed by atoms with van der Waals surface area (Å²) in [7, 11) is 0. The molecule has 5 heteroatoms. The first-order chi connectivity index (χ1) is 6.91. The quantitative estimate of drug-likeness (QED) is 0.609. The van der Waals surface area contributed by atoms with Crippen LogP contribution in [0.4, 0.5) is 4.39 Å². The van der Waals surface area contributed by atoms with Gasteiger partial charge in [-0.3, -0.25) is 9.59 Å². The highest BCUT2D eigenvalue weighted by Crippen LogP contribution is 2.20. The van der Waals surface area contributed by atoms with Gasteiger partial charge in [-0.1, -0.05) is 23.2 Å². The fraction of sp³-hybridized carbons (Fsp3) is 0.200. The lowest BCUT2D eigenvalue weighted by atomic mass is 10.1. The number of alkyl halides is 1. The molecular formula is C10H7Cl2FO2. The maximum atomic E-state index is 13.1. The first-order valence-electron chi connectivity index (χ1n) is 4.06. The Balaban J connectivity index is 3.06. The highest BCUT2D eigenvalue weighted by molar-refractivity contribution is 6.35. The molecule has 0 fully saturated rings. The third-order valence-corrected chi connectivity index (χ3v) is 2.17. The van der Waals surface area contributed by atoms with Gasteiger partial charge < -0.3 is 0 Å². The minimum Gasteiger partial charge on any atom is -0.296 e. The van der Waals surface area contributed by atoms with Crippen LogP contribution in [0.1, 0.15) is 17.3 Å². The number of ketones is 2. The highest BCUT2D eigenvalue weighted by Gasteiger charge is 2.24. The second kappa shape index (κ2) is 4.73. The first-order valence-corrected chi connectivity index (χ1v) is 4.82. The molecule has 0 aliphatic rings. The van der Waals surface area contributed by atoms with Crippen molar-refractivity contribution in [3.05, 3.63) is 33.8 Å². The van der Waals surface area contributed by atoms with Crippen molar-refractivity contribution >= 4 is 34.8 Å². The predicted molar refractivity (Wildman–Crippen MR) is 56.4 cm³/mol. The smallest absolute Gasteiger partial charge is 0.220 e. The zero-order chi connectivity index (χ0) is 11.6. The Hall–Kier alpha value is -0.930. The maximum Gasteiger partial charge on any atom is 0.220 e. The van der Waals surface area contributed by atoms with Crippen molar-refractivity contribution in [3.63, 3.8) is 0 Å². The van der Waals surface area contributed by atoms with Gasteiger partial charge in [0.2, 0.25) is 12.0 Å². The number of halogens is 3. The van der Waals surface area contributed by atoms with Gasteiger partial charge in [0, 0.05) is 15.6 Å². The lowest BCUT2D eigenvalue weighted by Crippen LogP contribution is -2.23. The van der Waals surface area contributed by atoms with E-state index in [2.05, 4.69) is 0 Å². The van der Waals surface area contributed by atoms with E-state index in [4.69, 9.17) is 23.2 Å². The summed E-state index contributed by atoms with van der Waals surface area (Å²) in [5.41, 5.74) is -0.00444. The molecule has 0 amide bonds. The molecule has 15 heavy (non-hydrogen) atoms. The van der Waals surface area contributed by atoms with Crippen molar-refractivity contribution in [2.45, 2.75) is 13.1 Å². The molecule has 80 valence electrons. The molecular weight excluding hydrogens is 242 g/mol. The Labute approximate surface area is 96.0 Å². The van der Waals surface area contributed by atoms with Gasteiger partial charge in [-0.25, -0.2) is 4.39 Å². The largest absolute Gasteiger partial charge is 0.296 e. The molecule has 0 saturated heterocycles. The van der Waals surface area contributed by atoms with Gasteiger partial charge in [0.15, 0.2) is 5.78 Å². The Bertz CT molecular complexity index is 398. The molecule has 1 unspecified atom stereocenters. The number of benzene rings is 1. The van der Waals surface area contributed by atoms with E-state index in [1.54, 1.807) is 0 Å². The Morgan fingerprint density at radius 1 is 1.20 bits per heavy atom. The molecule has 0 saturated carbocycles. The molecule has 1 aromatic carbocycles. The normalized spacial score (nSPS) is 12.3. The molecule has 0 spiro atoms. The molecule has 1 rings (SSSR count). The van der Waals surface area contributed by atoms with Crippen molar-refractivity contribution < 1.29 is 14.0 Å². The number of carbonyl (C=O) groups is 2. The first kappa shape index (κ1) is 12.1. The number of hydrogen-bond acceptors (Lipinski definition) is 2. The van der Waals surface area contributed by atoms with Crippen LogP contribution >= 0.6 is 23.2 Å². The number of rotatable bonds is 3. The van der Waals surface area contributed by atoms with E-state index in [1.165, 1.54) is 18.2 Å². The second-order valence-corrected chi connectivity index (χ2v) is 3.87. The van der Waals surface area contributed by atoms with Crippen LogP contribution in [0.2, 0.25) is 10.0 Å². The van der Waals surface area contributed by atoms with Crippen LogP contribution in [-0.4, -0.2) is 17.7 Å². The number of Topliss-reactive ketones (excluding diaryl/α,β-unsaturated/α-hetero) is 2. The van der Waals surface area contributed by atoms with Crippen molar-refractivity contribution in [2.75, 3.05) is 0 Å². The van der Waals surface area contributed by atoms with Gasteiger partial charge in [0.1, 0.15) is 0 Å². The van der Waals surface area contributed by atoms with Crippen LogP contribution in [0.5, 0.6) is 0 Å². The lowest BCUT2D eigenvalue weighted by molar-refractivity contribution is -0.120. The van der Waals surface area contributed by atoms with Crippen LogP contribution < -0.4 is 0 Å². The third kappa shape index (κ3) is 3.01. The molecule has 0 aliphatic heterocycles. The summed E-state index contributed by atoms with van der Waals surface area (Å²) in [4.78, 5) is 22.0. The molecule has 1 atom stereocenters. The van der Waals surface area contributed by atoms with Crippen LogP contribution in [0, 0.1) is 0 Å². The minimum atomic E-state index is -2.15. The lowest BCUT2D eigenvalue weighted by Gasteiger charge is -2.04. The van der Waals surface area contributed by atoms with Crippen molar-refractivity contribution in [1.82, 2.24) is 0 Å². The molecule has 1 aromatic rings. The molecule has 2 nitrogen and oxygen atoms in total. The molecule has 0 aliphatic carbocycles. The van der Waals surface area contributed by atoms with E-state index in [0.29, 0.717) is 0 Å². The topological polar surface area (TPSA) is 34.1 Å². The maximum absolute atomic E-state index is 13.1. The van der Waals surface area contributed by atoms with E-state index in [9.17, 15) is 14.0 Å². The Morgan fingerprint density at radius 2 is 1.67 bits per heavy atom. The monoisotopic (exact) mass is 248 g/mol. The van der Waals surface area contributed by atoms with E-state index >= 15 is 0 Å². The summed E-state index contributed by atoms with van der Waals surface area (Å²) in [6.45, 7) is 1.01. The van der Waals surface area contributed by atoms with Crippen molar-refractivity contribution in [1.29, 1.82) is 0 Å². The van der Waals surface area contributed by atoms with Gasteiger partial charge in [-0.15, -0.1) is 0 Å². The molecule has 0 radical (unpaired) electrons. The molecule has 0 N–H and O–H groups in total. The SMILES string of the molecule is CC(=O)C(F)C(=O)c1cc(Cl)cc(Cl)c1. The molecule has 0 aromatic heterocycles. The second-order valence-electron chi connectivity index (χ2n) is 3.00. The van der Waals surface area contributed by atoms with Gasteiger partial charge in [0.25, 0.3) is 0 Å². The Kier molecular flexibility index (Phi) is 3.83. The van der Waals surface area contributed by atoms with E-state index < -0.39 is 17.7 Å². The number of carbonyl (C=O) groups excluding carboxylic acids is 2. The van der Waals surface area contributed by atoms with E-state index in [1.807, 2.05) is 0 Å². The van der Waals surface area contributed by atoms with Gasteiger partial charge in [-0.2, -0.15) is 0 Å². The summed E-state index contributed by atoms with van der Waals surface area (Å²) in [6, 6.07) is 3.96. The summed E-state index contributed by atoms with van der Waals surface area (Å²) in [5.74, 6) is -1.76. The molecule has 0 bridgehead atoms. The predicted octanol–water partition coefficient (Wildman–Crippen LogP) is 3.10. The summed E-state index contributed by atoms with van der Waals surface area (Å²) in [5, 5.41) is 0.447. The average molecular weight is 249 g/mol. The van der Waals surface area contributed by atoms with E-state index in [0.717, 1.165) is 6.92 Å². The van der Waals surface area contributed by atoms with Gasteiger partial charge >= 0.3 is 0 Å². The third-order valence-electron chi connectivity index (χ3n) is 1.73. The average Bonchev–Trinajstić information content (AvgIpc) is 2.13. The Morgan fingerprint density at radius 3 is 2.07 bits per heavy atom. The standard InChI is InChI=1S/C10H7Cl2FO2/c1-5(14)9(13)10(15)6-2-7(11)4-8(12)3-6/h2-4,9H,1H3. The van der Waals surface area contributed by atoms with Gasteiger partial charge in [-0.05, 0) is 25.1 Å². The zero-order valence-electron chi connectivity index (χ0n) is 7.76. The molecule has 0 heterocycles. The van der Waals surface area contributed by atoms with Crippen LogP contribution in [0.15, 0.2) is 18.2 Å². The van der Waals surface area contributed by atoms with Crippen molar-refractivity contribution in [2.24, 2.45) is 0 Å².